The molecule has 6 nitrogen and oxygen atoms in total. The highest BCUT2D eigenvalue weighted by atomic mass is 19.1. The van der Waals surface area contributed by atoms with E-state index in [-0.39, 0.29) is 5.69 Å². The van der Waals surface area contributed by atoms with Gasteiger partial charge in [-0.05, 0) is 19.1 Å². The summed E-state index contributed by atoms with van der Waals surface area (Å²) in [5.74, 6) is -1.54. The fourth-order valence-electron chi connectivity index (χ4n) is 1.59. The number of carboxylic acid groups (broad SMARTS) is 1. The quantitative estimate of drug-likeness (QED) is 0.731. The van der Waals surface area contributed by atoms with Gasteiger partial charge in [0.25, 0.3) is 0 Å². The highest BCUT2D eigenvalue weighted by molar-refractivity contribution is 5.90. The maximum atomic E-state index is 13.5. The van der Waals surface area contributed by atoms with E-state index in [0.29, 0.717) is 23.7 Å². The number of nitrogens with one attached hydrogen (secondary N) is 1. The summed E-state index contributed by atoms with van der Waals surface area (Å²) in [7, 11) is 0. The summed E-state index contributed by atoms with van der Waals surface area (Å²) >= 11 is 0. The molecule has 0 fully saturated rings. The summed E-state index contributed by atoms with van der Waals surface area (Å²) in [6.45, 7) is 2.06. The number of carboxylic acids is 1. The Bertz CT molecular complexity index is 625. The largest absolute Gasteiger partial charge is 0.478 e. The molecule has 0 unspecified atom stereocenters. The van der Waals surface area contributed by atoms with Gasteiger partial charge in [-0.15, -0.1) is 0 Å². The molecule has 0 bridgehead atoms. The van der Waals surface area contributed by atoms with Gasteiger partial charge in [0.2, 0.25) is 0 Å². The molecule has 1 aromatic heterocycles. The molecule has 0 radical (unpaired) electrons. The summed E-state index contributed by atoms with van der Waals surface area (Å²) in [5, 5.41) is 15.4. The summed E-state index contributed by atoms with van der Waals surface area (Å²) in [5.41, 5.74) is 6.30. The Morgan fingerprint density at radius 3 is 2.84 bits per heavy atom. The van der Waals surface area contributed by atoms with Crippen molar-refractivity contribution in [1.29, 1.82) is 0 Å². The number of anilines is 2. The molecule has 0 spiro atoms. The highest BCUT2D eigenvalue weighted by Crippen LogP contribution is 2.23. The number of hydrogen-bond donors (Lipinski definition) is 3. The third-order valence-electron chi connectivity index (χ3n) is 2.51. The number of aryl methyl sites for hydroxylation is 1. The van der Waals surface area contributed by atoms with E-state index in [1.165, 1.54) is 0 Å². The molecule has 7 heteroatoms. The van der Waals surface area contributed by atoms with E-state index in [2.05, 4.69) is 10.5 Å². The summed E-state index contributed by atoms with van der Waals surface area (Å²) in [4.78, 5) is 10.7. The number of aromatic carboxylic acids is 1. The molecule has 1 heterocycles. The van der Waals surface area contributed by atoms with Crippen molar-refractivity contribution in [1.82, 2.24) is 5.16 Å². The molecule has 0 aliphatic carbocycles. The molecule has 0 saturated carbocycles. The highest BCUT2D eigenvalue weighted by Gasteiger charge is 2.13. The van der Waals surface area contributed by atoms with Crippen LogP contribution in [0.25, 0.3) is 0 Å². The van der Waals surface area contributed by atoms with Crippen LogP contribution in [0, 0.1) is 12.7 Å². The molecular formula is C12H12FN3O3. The summed E-state index contributed by atoms with van der Waals surface area (Å²) < 4.78 is 18.4. The molecule has 2 rings (SSSR count). The number of nitrogens with zero attached hydrogens (tertiary/aromatic N) is 1. The number of hydrogen-bond acceptors (Lipinski definition) is 5. The predicted octanol–water partition coefficient (Wildman–Crippen LogP) is 2.01. The van der Waals surface area contributed by atoms with E-state index in [1.807, 2.05) is 0 Å². The zero-order valence-corrected chi connectivity index (χ0v) is 10.1. The van der Waals surface area contributed by atoms with Gasteiger partial charge in [0.1, 0.15) is 17.3 Å². The van der Waals surface area contributed by atoms with Crippen molar-refractivity contribution < 1.29 is 18.8 Å². The lowest BCUT2D eigenvalue weighted by molar-refractivity contribution is 0.0692. The Labute approximate surface area is 108 Å². The van der Waals surface area contributed by atoms with E-state index in [4.69, 9.17) is 15.4 Å². The Morgan fingerprint density at radius 1 is 1.53 bits per heavy atom. The lowest BCUT2D eigenvalue weighted by atomic mass is 10.1. The first-order valence-electron chi connectivity index (χ1n) is 5.45. The normalized spacial score (nSPS) is 10.4. The van der Waals surface area contributed by atoms with Crippen LogP contribution in [-0.2, 0) is 6.54 Å². The molecule has 1 aromatic carbocycles. The van der Waals surface area contributed by atoms with Crippen molar-refractivity contribution in [2.45, 2.75) is 13.5 Å². The minimum Gasteiger partial charge on any atom is -0.478 e. The van der Waals surface area contributed by atoms with Crippen LogP contribution in [0.3, 0.4) is 0 Å². The van der Waals surface area contributed by atoms with Gasteiger partial charge in [-0.3, -0.25) is 0 Å². The first kappa shape index (κ1) is 12.9. The summed E-state index contributed by atoms with van der Waals surface area (Å²) in [6, 6.07) is 3.85. The lowest BCUT2D eigenvalue weighted by Gasteiger charge is -2.09. The predicted molar refractivity (Wildman–Crippen MR) is 66.3 cm³/mol. The second-order valence-electron chi connectivity index (χ2n) is 4.01. The third kappa shape index (κ3) is 2.82. The lowest BCUT2D eigenvalue weighted by Crippen LogP contribution is -2.07. The Hall–Kier alpha value is -2.57. The Morgan fingerprint density at radius 2 is 2.26 bits per heavy atom. The van der Waals surface area contributed by atoms with Crippen LogP contribution in [-0.4, -0.2) is 16.2 Å². The van der Waals surface area contributed by atoms with Gasteiger partial charge in [0, 0.05) is 6.07 Å². The van der Waals surface area contributed by atoms with Gasteiger partial charge in [-0.2, -0.15) is 0 Å². The molecule has 0 atom stereocenters. The van der Waals surface area contributed by atoms with E-state index in [0.717, 1.165) is 12.1 Å². The number of aromatic nitrogens is 1. The monoisotopic (exact) mass is 265 g/mol. The third-order valence-corrected chi connectivity index (χ3v) is 2.51. The molecular weight excluding hydrogens is 253 g/mol. The van der Waals surface area contributed by atoms with Gasteiger partial charge in [-0.25, -0.2) is 9.18 Å². The van der Waals surface area contributed by atoms with Crippen molar-refractivity contribution >= 4 is 17.3 Å². The second kappa shape index (κ2) is 4.97. The van der Waals surface area contributed by atoms with Crippen LogP contribution < -0.4 is 11.1 Å². The fraction of sp³-hybridized carbons (Fsp3) is 0.167. The van der Waals surface area contributed by atoms with E-state index >= 15 is 0 Å². The van der Waals surface area contributed by atoms with Crippen molar-refractivity contribution in [3.05, 3.63) is 41.0 Å². The number of carbonyl (C=O) groups is 1. The second-order valence-corrected chi connectivity index (χ2v) is 4.01. The number of rotatable bonds is 4. The number of benzene rings is 1. The standard InChI is InChI=1S/C12H12FN3O3/c1-6-2-7(16-19-6)5-15-11-4-9(13)8(12(17)18)3-10(11)14/h2-4,15H,5,14H2,1H3,(H,17,18). The van der Waals surface area contributed by atoms with Gasteiger partial charge >= 0.3 is 5.97 Å². The average molecular weight is 265 g/mol. The minimum atomic E-state index is -1.36. The van der Waals surface area contributed by atoms with Crippen LogP contribution in [0.5, 0.6) is 0 Å². The molecule has 2 aromatic rings. The zero-order chi connectivity index (χ0) is 14.0. The van der Waals surface area contributed by atoms with Crippen LogP contribution in [0.2, 0.25) is 0 Å². The average Bonchev–Trinajstić information content (AvgIpc) is 2.75. The number of nitrogens with two attached hydrogens (primary N) is 1. The van der Waals surface area contributed by atoms with Gasteiger partial charge < -0.3 is 20.7 Å². The van der Waals surface area contributed by atoms with E-state index in [1.54, 1.807) is 13.0 Å². The van der Waals surface area contributed by atoms with Crippen LogP contribution in [0.15, 0.2) is 22.7 Å². The van der Waals surface area contributed by atoms with Crippen molar-refractivity contribution in [2.24, 2.45) is 0 Å². The first-order valence-corrected chi connectivity index (χ1v) is 5.45. The number of halogens is 1. The van der Waals surface area contributed by atoms with Gasteiger partial charge in [0.15, 0.2) is 0 Å². The maximum absolute atomic E-state index is 13.5. The number of nitrogen functional groups attached to an aromatic ring is 1. The fourth-order valence-corrected chi connectivity index (χ4v) is 1.59. The van der Waals surface area contributed by atoms with Crippen molar-refractivity contribution in [2.75, 3.05) is 11.1 Å². The molecule has 0 saturated heterocycles. The van der Waals surface area contributed by atoms with E-state index in [9.17, 15) is 9.18 Å². The molecule has 0 aliphatic heterocycles. The molecule has 19 heavy (non-hydrogen) atoms. The molecule has 100 valence electrons. The zero-order valence-electron chi connectivity index (χ0n) is 10.1. The maximum Gasteiger partial charge on any atom is 0.338 e. The van der Waals surface area contributed by atoms with Gasteiger partial charge in [0.05, 0.1) is 23.5 Å². The first-order chi connectivity index (χ1) is 8.97. The molecule has 0 aliphatic rings. The van der Waals surface area contributed by atoms with Crippen LogP contribution in [0.4, 0.5) is 15.8 Å². The Kier molecular flexibility index (Phi) is 3.37. The van der Waals surface area contributed by atoms with Crippen LogP contribution in [0.1, 0.15) is 21.8 Å². The van der Waals surface area contributed by atoms with Gasteiger partial charge in [-0.1, -0.05) is 5.16 Å². The molecule has 4 N–H and O–H groups in total. The SMILES string of the molecule is Cc1cc(CNc2cc(F)c(C(=O)O)cc2N)no1. The molecule has 0 amide bonds. The smallest absolute Gasteiger partial charge is 0.338 e. The minimum absolute atomic E-state index is 0.152. The van der Waals surface area contributed by atoms with Crippen LogP contribution >= 0.6 is 0 Å². The summed E-state index contributed by atoms with van der Waals surface area (Å²) in [6.07, 6.45) is 0. The van der Waals surface area contributed by atoms with E-state index < -0.39 is 17.3 Å². The Balaban J connectivity index is 2.17. The van der Waals surface area contributed by atoms with Crippen molar-refractivity contribution in [3.63, 3.8) is 0 Å². The van der Waals surface area contributed by atoms with Crippen molar-refractivity contribution in [3.8, 4) is 0 Å². The topological polar surface area (TPSA) is 101 Å².